The van der Waals surface area contributed by atoms with Crippen molar-refractivity contribution in [3.63, 3.8) is 0 Å². The van der Waals surface area contributed by atoms with Crippen molar-refractivity contribution in [1.82, 2.24) is 0 Å². The highest BCUT2D eigenvalue weighted by molar-refractivity contribution is 5.35. The van der Waals surface area contributed by atoms with Gasteiger partial charge in [0.1, 0.15) is 11.5 Å². The molecule has 0 radical (unpaired) electrons. The highest BCUT2D eigenvalue weighted by Gasteiger charge is 2.03. The zero-order chi connectivity index (χ0) is 14.4. The predicted molar refractivity (Wildman–Crippen MR) is 85.7 cm³/mol. The van der Waals surface area contributed by atoms with Gasteiger partial charge in [-0.1, -0.05) is 51.5 Å². The van der Waals surface area contributed by atoms with Crippen LogP contribution in [0.1, 0.15) is 50.7 Å². The van der Waals surface area contributed by atoms with E-state index >= 15 is 0 Å². The minimum Gasteiger partial charge on any atom is -0.457 e. The van der Waals surface area contributed by atoms with Gasteiger partial charge in [-0.25, -0.2) is 0 Å². The van der Waals surface area contributed by atoms with Gasteiger partial charge >= 0.3 is 0 Å². The van der Waals surface area contributed by atoms with Gasteiger partial charge in [-0.3, -0.25) is 0 Å². The first-order valence-corrected chi connectivity index (χ1v) is 7.59. The van der Waals surface area contributed by atoms with Crippen LogP contribution in [0, 0.1) is 0 Å². The van der Waals surface area contributed by atoms with E-state index in [0.717, 1.165) is 17.9 Å². The van der Waals surface area contributed by atoms with Gasteiger partial charge in [0, 0.05) is 0 Å². The second-order valence-corrected chi connectivity index (χ2v) is 5.37. The van der Waals surface area contributed by atoms with E-state index in [0.29, 0.717) is 5.92 Å². The molecule has 2 aromatic carbocycles. The van der Waals surface area contributed by atoms with Crippen LogP contribution >= 0.6 is 0 Å². The van der Waals surface area contributed by atoms with Gasteiger partial charge in [0.05, 0.1) is 0 Å². The fourth-order valence-electron chi connectivity index (χ4n) is 2.25. The molecule has 0 fully saturated rings. The maximum absolute atomic E-state index is 5.88. The quantitative estimate of drug-likeness (QED) is 0.629. The largest absolute Gasteiger partial charge is 0.457 e. The van der Waals surface area contributed by atoms with E-state index in [9.17, 15) is 0 Å². The number of ether oxygens (including phenoxy) is 1. The molecule has 0 N–H and O–H groups in total. The summed E-state index contributed by atoms with van der Waals surface area (Å²) < 4.78 is 5.88. The molecular formula is C19H24O. The van der Waals surface area contributed by atoms with E-state index in [-0.39, 0.29) is 0 Å². The molecule has 2 rings (SSSR count). The van der Waals surface area contributed by atoms with E-state index in [1.54, 1.807) is 0 Å². The van der Waals surface area contributed by atoms with Crippen molar-refractivity contribution in [2.75, 3.05) is 0 Å². The molecule has 0 aliphatic heterocycles. The Morgan fingerprint density at radius 1 is 0.850 bits per heavy atom. The lowest BCUT2D eigenvalue weighted by atomic mass is 9.99. The topological polar surface area (TPSA) is 9.23 Å². The van der Waals surface area contributed by atoms with Gasteiger partial charge in [-0.15, -0.1) is 0 Å². The monoisotopic (exact) mass is 268 g/mol. The lowest BCUT2D eigenvalue weighted by molar-refractivity contribution is 0.482. The smallest absolute Gasteiger partial charge is 0.127 e. The molecular weight excluding hydrogens is 244 g/mol. The normalized spacial score (nSPS) is 12.2. The van der Waals surface area contributed by atoms with E-state index in [1.165, 1.54) is 24.0 Å². The Bertz CT molecular complexity index is 510. The highest BCUT2D eigenvalue weighted by atomic mass is 16.5. The zero-order valence-corrected chi connectivity index (χ0v) is 12.7. The van der Waals surface area contributed by atoms with E-state index in [1.807, 2.05) is 12.1 Å². The third kappa shape index (κ3) is 3.86. The molecule has 1 unspecified atom stereocenters. The molecule has 0 spiro atoms. The summed E-state index contributed by atoms with van der Waals surface area (Å²) >= 11 is 0. The maximum Gasteiger partial charge on any atom is 0.127 e. The molecule has 0 aromatic heterocycles. The van der Waals surface area contributed by atoms with Crippen LogP contribution in [-0.2, 0) is 6.42 Å². The van der Waals surface area contributed by atoms with E-state index in [4.69, 9.17) is 4.74 Å². The molecule has 20 heavy (non-hydrogen) atoms. The van der Waals surface area contributed by atoms with Crippen LogP contribution in [0.2, 0.25) is 0 Å². The fourth-order valence-corrected chi connectivity index (χ4v) is 2.25. The first kappa shape index (κ1) is 14.6. The molecule has 0 bridgehead atoms. The number of hydrogen-bond donors (Lipinski definition) is 0. The molecule has 0 aliphatic carbocycles. The molecule has 1 nitrogen and oxygen atoms in total. The van der Waals surface area contributed by atoms with Crippen LogP contribution in [0.4, 0.5) is 0 Å². The summed E-state index contributed by atoms with van der Waals surface area (Å²) in [6.07, 6.45) is 3.47. The van der Waals surface area contributed by atoms with Crippen LogP contribution in [0.5, 0.6) is 11.5 Å². The third-order valence-electron chi connectivity index (χ3n) is 3.76. The van der Waals surface area contributed by atoms with Crippen molar-refractivity contribution >= 4 is 0 Å². The summed E-state index contributed by atoms with van der Waals surface area (Å²) in [5, 5.41) is 0. The number of aryl methyl sites for hydroxylation is 1. The lowest BCUT2D eigenvalue weighted by Gasteiger charge is -2.11. The summed E-state index contributed by atoms with van der Waals surface area (Å²) in [4.78, 5) is 0. The van der Waals surface area contributed by atoms with Crippen LogP contribution < -0.4 is 4.74 Å². The van der Waals surface area contributed by atoms with Crippen molar-refractivity contribution in [3.05, 3.63) is 59.7 Å². The minimum atomic E-state index is 0.609. The fraction of sp³-hybridized carbons (Fsp3) is 0.368. The number of benzene rings is 2. The van der Waals surface area contributed by atoms with Gasteiger partial charge in [0.2, 0.25) is 0 Å². The summed E-state index contributed by atoms with van der Waals surface area (Å²) in [5.74, 6) is 2.42. The Hall–Kier alpha value is -1.76. The Labute approximate surface area is 122 Å². The van der Waals surface area contributed by atoms with Crippen molar-refractivity contribution in [3.8, 4) is 11.5 Å². The second kappa shape index (κ2) is 7.14. The van der Waals surface area contributed by atoms with Crippen molar-refractivity contribution < 1.29 is 4.74 Å². The van der Waals surface area contributed by atoms with Crippen LogP contribution in [0.3, 0.4) is 0 Å². The standard InChI is InChI=1S/C19H24O/c1-4-6-16-7-11-18(12-8-16)20-19-13-9-17(10-14-19)15(3)5-2/h7-15H,4-6H2,1-3H3. The molecule has 2 aromatic rings. The van der Waals surface area contributed by atoms with Crippen molar-refractivity contribution in [2.24, 2.45) is 0 Å². The Kier molecular flexibility index (Phi) is 5.23. The van der Waals surface area contributed by atoms with Crippen LogP contribution in [0.15, 0.2) is 48.5 Å². The lowest BCUT2D eigenvalue weighted by Crippen LogP contribution is -1.91. The molecule has 0 saturated carbocycles. The molecule has 0 aliphatic rings. The van der Waals surface area contributed by atoms with Crippen molar-refractivity contribution in [2.45, 2.75) is 46.0 Å². The van der Waals surface area contributed by atoms with Crippen LogP contribution in [-0.4, -0.2) is 0 Å². The Balaban J connectivity index is 2.02. The number of hydrogen-bond acceptors (Lipinski definition) is 1. The van der Waals surface area contributed by atoms with Crippen molar-refractivity contribution in [1.29, 1.82) is 0 Å². The van der Waals surface area contributed by atoms with Gasteiger partial charge < -0.3 is 4.74 Å². The Morgan fingerprint density at radius 2 is 1.40 bits per heavy atom. The average Bonchev–Trinajstić information content (AvgIpc) is 2.49. The van der Waals surface area contributed by atoms with Gasteiger partial charge in [-0.2, -0.15) is 0 Å². The zero-order valence-electron chi connectivity index (χ0n) is 12.7. The molecule has 106 valence electrons. The molecule has 0 amide bonds. The van der Waals surface area contributed by atoms with Gasteiger partial charge in [0.15, 0.2) is 0 Å². The SMILES string of the molecule is CCCc1ccc(Oc2ccc(C(C)CC)cc2)cc1. The van der Waals surface area contributed by atoms with E-state index in [2.05, 4.69) is 57.2 Å². The average molecular weight is 268 g/mol. The molecule has 1 heteroatoms. The number of rotatable bonds is 6. The summed E-state index contributed by atoms with van der Waals surface area (Å²) in [5.41, 5.74) is 2.74. The first-order valence-electron chi connectivity index (χ1n) is 7.59. The van der Waals surface area contributed by atoms with Gasteiger partial charge in [-0.05, 0) is 54.2 Å². The maximum atomic E-state index is 5.88. The summed E-state index contributed by atoms with van der Waals surface area (Å²) in [6, 6.07) is 16.8. The summed E-state index contributed by atoms with van der Waals surface area (Å²) in [6.45, 7) is 6.67. The predicted octanol–water partition coefficient (Wildman–Crippen LogP) is 5.94. The Morgan fingerprint density at radius 3 is 1.90 bits per heavy atom. The minimum absolute atomic E-state index is 0.609. The molecule has 0 heterocycles. The summed E-state index contributed by atoms with van der Waals surface area (Å²) in [7, 11) is 0. The third-order valence-corrected chi connectivity index (χ3v) is 3.76. The second-order valence-electron chi connectivity index (χ2n) is 5.37. The highest BCUT2D eigenvalue weighted by Crippen LogP contribution is 2.25. The van der Waals surface area contributed by atoms with Crippen LogP contribution in [0.25, 0.3) is 0 Å². The first-order chi connectivity index (χ1) is 9.72. The van der Waals surface area contributed by atoms with Gasteiger partial charge in [0.25, 0.3) is 0 Å². The van der Waals surface area contributed by atoms with E-state index < -0.39 is 0 Å². The molecule has 1 atom stereocenters. The molecule has 0 saturated heterocycles.